The smallest absolute Gasteiger partial charge is 0.223 e. The summed E-state index contributed by atoms with van der Waals surface area (Å²) in [7, 11) is 3.56. The monoisotopic (exact) mass is 321 g/mol. The Morgan fingerprint density at radius 2 is 2.00 bits per heavy atom. The van der Waals surface area contributed by atoms with E-state index in [1.54, 1.807) is 11.7 Å². The van der Waals surface area contributed by atoms with Crippen molar-refractivity contribution >= 4 is 11.9 Å². The van der Waals surface area contributed by atoms with E-state index >= 15 is 0 Å². The summed E-state index contributed by atoms with van der Waals surface area (Å²) in [4.78, 5) is 20.3. The third-order valence-corrected chi connectivity index (χ3v) is 4.14. The van der Waals surface area contributed by atoms with E-state index < -0.39 is 0 Å². The molecule has 0 saturated heterocycles. The third-order valence-electron chi connectivity index (χ3n) is 4.14. The summed E-state index contributed by atoms with van der Waals surface area (Å²) in [6, 6.07) is 0. The maximum atomic E-state index is 12.0. The fourth-order valence-corrected chi connectivity index (χ4v) is 2.74. The van der Waals surface area contributed by atoms with Gasteiger partial charge in [0.1, 0.15) is 12.2 Å². The second-order valence-electron chi connectivity index (χ2n) is 5.78. The topological polar surface area (TPSA) is 96.2 Å². The molecule has 1 fully saturated rings. The van der Waals surface area contributed by atoms with E-state index in [4.69, 9.17) is 0 Å². The highest BCUT2D eigenvalue weighted by Crippen LogP contribution is 2.23. The summed E-state index contributed by atoms with van der Waals surface area (Å²) >= 11 is 0. The Kier molecular flexibility index (Phi) is 6.83. The van der Waals surface area contributed by atoms with Crippen LogP contribution in [0.15, 0.2) is 11.3 Å². The Labute approximate surface area is 137 Å². The minimum absolute atomic E-state index is 0.188. The van der Waals surface area contributed by atoms with Crippen LogP contribution >= 0.6 is 0 Å². The van der Waals surface area contributed by atoms with E-state index in [0.29, 0.717) is 25.6 Å². The van der Waals surface area contributed by atoms with Gasteiger partial charge < -0.3 is 16.0 Å². The minimum Gasteiger partial charge on any atom is -0.355 e. The van der Waals surface area contributed by atoms with Gasteiger partial charge in [-0.2, -0.15) is 5.10 Å². The molecule has 1 aliphatic carbocycles. The lowest BCUT2D eigenvalue weighted by Crippen LogP contribution is -2.42. The molecular weight excluding hydrogens is 294 g/mol. The largest absolute Gasteiger partial charge is 0.355 e. The van der Waals surface area contributed by atoms with Crippen molar-refractivity contribution in [2.45, 2.75) is 38.6 Å². The number of carbonyl (C=O) groups is 1. The molecule has 8 nitrogen and oxygen atoms in total. The molecule has 8 heteroatoms. The highest BCUT2D eigenvalue weighted by Gasteiger charge is 2.20. The first kappa shape index (κ1) is 17.2. The number of guanidine groups is 1. The van der Waals surface area contributed by atoms with Crippen LogP contribution in [0.4, 0.5) is 0 Å². The van der Waals surface area contributed by atoms with Gasteiger partial charge in [0.15, 0.2) is 5.96 Å². The van der Waals surface area contributed by atoms with Crippen LogP contribution in [0.1, 0.15) is 37.9 Å². The number of rotatable bonds is 6. The molecule has 2 rings (SSSR count). The Morgan fingerprint density at radius 3 is 2.65 bits per heavy atom. The van der Waals surface area contributed by atoms with Crippen molar-refractivity contribution in [1.82, 2.24) is 30.7 Å². The summed E-state index contributed by atoms with van der Waals surface area (Å²) in [6.45, 7) is 1.78. The zero-order valence-corrected chi connectivity index (χ0v) is 14.0. The molecule has 0 spiro atoms. The first-order valence-electron chi connectivity index (χ1n) is 8.26. The molecular formula is C15H27N7O. The molecule has 0 aliphatic heterocycles. The van der Waals surface area contributed by atoms with Gasteiger partial charge >= 0.3 is 0 Å². The lowest BCUT2D eigenvalue weighted by Gasteiger charge is -2.20. The SMILES string of the molecule is CN=C(NCCNC(=O)C1CCCCC1)NCc1ncnn1C. The van der Waals surface area contributed by atoms with Crippen molar-refractivity contribution in [3.63, 3.8) is 0 Å². The van der Waals surface area contributed by atoms with Crippen LogP contribution in [-0.2, 0) is 18.4 Å². The number of nitrogens with one attached hydrogen (secondary N) is 3. The lowest BCUT2D eigenvalue weighted by molar-refractivity contribution is -0.125. The summed E-state index contributed by atoms with van der Waals surface area (Å²) in [5, 5.41) is 13.4. The van der Waals surface area contributed by atoms with E-state index in [0.717, 1.165) is 18.7 Å². The van der Waals surface area contributed by atoms with Crippen LogP contribution < -0.4 is 16.0 Å². The van der Waals surface area contributed by atoms with Crippen molar-refractivity contribution < 1.29 is 4.79 Å². The zero-order chi connectivity index (χ0) is 16.5. The molecule has 1 aromatic heterocycles. The minimum atomic E-state index is 0.188. The third kappa shape index (κ3) is 5.54. The predicted octanol–water partition coefficient (Wildman–Crippen LogP) is 0.177. The number of hydrogen-bond acceptors (Lipinski definition) is 4. The molecule has 1 aliphatic rings. The molecule has 0 aromatic carbocycles. The number of carbonyl (C=O) groups excluding carboxylic acids is 1. The first-order chi connectivity index (χ1) is 11.2. The summed E-state index contributed by atoms with van der Waals surface area (Å²) in [5.74, 6) is 1.91. The maximum Gasteiger partial charge on any atom is 0.223 e. The van der Waals surface area contributed by atoms with Gasteiger partial charge in [-0.1, -0.05) is 19.3 Å². The normalized spacial score (nSPS) is 16.2. The highest BCUT2D eigenvalue weighted by molar-refractivity contribution is 5.80. The Balaban J connectivity index is 1.62. The van der Waals surface area contributed by atoms with Gasteiger partial charge in [-0.25, -0.2) is 4.98 Å². The van der Waals surface area contributed by atoms with Gasteiger partial charge in [-0.15, -0.1) is 0 Å². The Hall–Kier alpha value is -2.12. The molecule has 0 atom stereocenters. The molecule has 1 saturated carbocycles. The Bertz CT molecular complexity index is 520. The molecule has 3 N–H and O–H groups in total. The van der Waals surface area contributed by atoms with Crippen molar-refractivity contribution in [1.29, 1.82) is 0 Å². The number of aromatic nitrogens is 3. The van der Waals surface area contributed by atoms with Crippen molar-refractivity contribution in [2.75, 3.05) is 20.1 Å². The molecule has 1 amide bonds. The van der Waals surface area contributed by atoms with E-state index in [2.05, 4.69) is 31.0 Å². The molecule has 128 valence electrons. The predicted molar refractivity (Wildman–Crippen MR) is 88.8 cm³/mol. The van der Waals surface area contributed by atoms with E-state index in [1.807, 2.05) is 7.05 Å². The fraction of sp³-hybridized carbons (Fsp3) is 0.733. The molecule has 23 heavy (non-hydrogen) atoms. The van der Waals surface area contributed by atoms with Crippen molar-refractivity contribution in [2.24, 2.45) is 18.0 Å². The average Bonchev–Trinajstić information content (AvgIpc) is 3.00. The number of aliphatic imine (C=N–C) groups is 1. The van der Waals surface area contributed by atoms with Crippen LogP contribution in [0.2, 0.25) is 0 Å². The summed E-state index contributed by atoms with van der Waals surface area (Å²) in [5.41, 5.74) is 0. The quantitative estimate of drug-likeness (QED) is 0.394. The average molecular weight is 321 g/mol. The van der Waals surface area contributed by atoms with Crippen LogP contribution in [0.5, 0.6) is 0 Å². The number of aryl methyl sites for hydroxylation is 1. The lowest BCUT2D eigenvalue weighted by atomic mass is 9.89. The van der Waals surface area contributed by atoms with Gasteiger partial charge in [0.05, 0.1) is 6.54 Å². The Morgan fingerprint density at radius 1 is 1.26 bits per heavy atom. The molecule has 1 aromatic rings. The zero-order valence-electron chi connectivity index (χ0n) is 14.0. The second-order valence-corrected chi connectivity index (χ2v) is 5.78. The van der Waals surface area contributed by atoms with Crippen molar-refractivity contribution in [3.8, 4) is 0 Å². The van der Waals surface area contributed by atoms with Crippen LogP contribution in [0.3, 0.4) is 0 Å². The molecule has 0 radical (unpaired) electrons. The molecule has 0 unspecified atom stereocenters. The van der Waals surface area contributed by atoms with E-state index in [9.17, 15) is 4.79 Å². The standard InChI is InChI=1S/C15H27N7O/c1-16-15(19-10-13-20-11-21-22(13)2)18-9-8-17-14(23)12-6-4-3-5-7-12/h11-12H,3-10H2,1-2H3,(H,17,23)(H2,16,18,19). The highest BCUT2D eigenvalue weighted by atomic mass is 16.1. The van der Waals surface area contributed by atoms with Crippen LogP contribution in [-0.4, -0.2) is 46.8 Å². The van der Waals surface area contributed by atoms with Crippen LogP contribution in [0, 0.1) is 5.92 Å². The van der Waals surface area contributed by atoms with Crippen molar-refractivity contribution in [3.05, 3.63) is 12.2 Å². The summed E-state index contributed by atoms with van der Waals surface area (Å²) in [6.07, 6.45) is 7.19. The number of hydrogen-bond donors (Lipinski definition) is 3. The van der Waals surface area contributed by atoms with E-state index in [1.165, 1.54) is 25.6 Å². The molecule has 1 heterocycles. The van der Waals surface area contributed by atoms with Gasteiger partial charge in [0, 0.05) is 33.1 Å². The van der Waals surface area contributed by atoms with Gasteiger partial charge in [-0.3, -0.25) is 14.5 Å². The number of amides is 1. The first-order valence-corrected chi connectivity index (χ1v) is 8.26. The van der Waals surface area contributed by atoms with Gasteiger partial charge in [0.25, 0.3) is 0 Å². The van der Waals surface area contributed by atoms with Gasteiger partial charge in [0.2, 0.25) is 5.91 Å². The van der Waals surface area contributed by atoms with Crippen LogP contribution in [0.25, 0.3) is 0 Å². The maximum absolute atomic E-state index is 12.0. The fourth-order valence-electron chi connectivity index (χ4n) is 2.74. The second kappa shape index (κ2) is 9.12. The van der Waals surface area contributed by atoms with E-state index in [-0.39, 0.29) is 11.8 Å². The summed E-state index contributed by atoms with van der Waals surface area (Å²) < 4.78 is 1.71. The number of nitrogens with zero attached hydrogens (tertiary/aromatic N) is 4. The molecule has 0 bridgehead atoms. The van der Waals surface area contributed by atoms with Gasteiger partial charge in [-0.05, 0) is 12.8 Å².